The third kappa shape index (κ3) is 4.10. The van der Waals surface area contributed by atoms with Crippen LogP contribution in [0.5, 0.6) is 0 Å². The summed E-state index contributed by atoms with van der Waals surface area (Å²) >= 11 is 7.84. The van der Waals surface area contributed by atoms with Crippen LogP contribution in [-0.2, 0) is 11.3 Å². The van der Waals surface area contributed by atoms with Gasteiger partial charge >= 0.3 is 0 Å². The number of tetrazole rings is 1. The molecule has 9 heteroatoms. The van der Waals surface area contributed by atoms with Crippen LogP contribution >= 0.6 is 22.9 Å². The lowest BCUT2D eigenvalue weighted by Gasteiger charge is -2.22. The second-order valence-corrected chi connectivity index (χ2v) is 8.14. The molecule has 0 radical (unpaired) electrons. The van der Waals surface area contributed by atoms with Crippen molar-refractivity contribution in [2.75, 3.05) is 4.90 Å². The molecule has 2 aromatic heterocycles. The number of rotatable bonds is 5. The molecule has 30 heavy (non-hydrogen) atoms. The summed E-state index contributed by atoms with van der Waals surface area (Å²) in [4.78, 5) is 20.1. The number of thiazole rings is 1. The minimum Gasteiger partial charge on any atom is -0.274 e. The number of carbonyl (C=O) groups excluding carboxylic acids is 1. The van der Waals surface area contributed by atoms with Crippen molar-refractivity contribution in [2.24, 2.45) is 0 Å². The highest BCUT2D eigenvalue weighted by molar-refractivity contribution is 7.14. The lowest BCUT2D eigenvalue weighted by atomic mass is 10.1. The Balaban J connectivity index is 1.60. The molecule has 4 rings (SSSR count). The number of amides is 1. The number of hydrogen-bond donors (Lipinski definition) is 0. The largest absolute Gasteiger partial charge is 0.274 e. The molecule has 2 heterocycles. The maximum atomic E-state index is 12.5. The number of carbonyl (C=O) groups is 1. The molecule has 152 valence electrons. The van der Waals surface area contributed by atoms with Gasteiger partial charge in [0.15, 0.2) is 5.13 Å². The minimum absolute atomic E-state index is 0.157. The standard InChI is InChI=1S/C21H19ClN6OS/c1-13-9-14(2)19(18(22)10-13)28(15(3)29)21-23-17(12-30-21)11-27-25-20(24-26-27)16-7-5-4-6-8-16/h4-10,12H,11H2,1-3H3. The van der Waals surface area contributed by atoms with E-state index in [1.54, 1.807) is 4.90 Å². The lowest BCUT2D eigenvalue weighted by Crippen LogP contribution is -2.24. The van der Waals surface area contributed by atoms with Gasteiger partial charge in [0.25, 0.3) is 0 Å². The van der Waals surface area contributed by atoms with Crippen molar-refractivity contribution in [3.8, 4) is 11.4 Å². The van der Waals surface area contributed by atoms with Gasteiger partial charge in [0.1, 0.15) is 6.54 Å². The molecular formula is C21H19ClN6OS. The average molecular weight is 439 g/mol. The number of aromatic nitrogens is 5. The fraction of sp³-hybridized carbons (Fsp3) is 0.190. The van der Waals surface area contributed by atoms with Gasteiger partial charge in [-0.1, -0.05) is 48.0 Å². The molecule has 0 N–H and O–H groups in total. The van der Waals surface area contributed by atoms with Gasteiger partial charge in [0, 0.05) is 17.9 Å². The van der Waals surface area contributed by atoms with Crippen molar-refractivity contribution in [1.82, 2.24) is 25.2 Å². The molecule has 0 aliphatic heterocycles. The quantitative estimate of drug-likeness (QED) is 0.447. The van der Waals surface area contributed by atoms with E-state index in [0.717, 1.165) is 22.4 Å². The third-order valence-corrected chi connectivity index (χ3v) is 5.62. The molecule has 0 spiro atoms. The van der Waals surface area contributed by atoms with E-state index in [1.165, 1.54) is 23.1 Å². The van der Waals surface area contributed by atoms with E-state index >= 15 is 0 Å². The molecule has 1 amide bonds. The van der Waals surface area contributed by atoms with Gasteiger partial charge in [-0.05, 0) is 36.3 Å². The fourth-order valence-corrected chi connectivity index (χ4v) is 4.48. The molecular weight excluding hydrogens is 420 g/mol. The van der Waals surface area contributed by atoms with Crippen LogP contribution < -0.4 is 4.90 Å². The minimum atomic E-state index is -0.157. The van der Waals surface area contributed by atoms with Crippen molar-refractivity contribution in [1.29, 1.82) is 0 Å². The smallest absolute Gasteiger partial charge is 0.230 e. The van der Waals surface area contributed by atoms with Crippen molar-refractivity contribution < 1.29 is 4.79 Å². The van der Waals surface area contributed by atoms with Crippen LogP contribution in [0.2, 0.25) is 5.02 Å². The Morgan fingerprint density at radius 3 is 2.67 bits per heavy atom. The van der Waals surface area contributed by atoms with Crippen LogP contribution in [0.3, 0.4) is 0 Å². The molecule has 0 aliphatic carbocycles. The topological polar surface area (TPSA) is 76.8 Å². The number of anilines is 2. The Morgan fingerprint density at radius 2 is 1.97 bits per heavy atom. The third-order valence-electron chi connectivity index (χ3n) is 4.46. The van der Waals surface area contributed by atoms with E-state index in [-0.39, 0.29) is 5.91 Å². The predicted molar refractivity (Wildman–Crippen MR) is 118 cm³/mol. The van der Waals surface area contributed by atoms with Crippen molar-refractivity contribution in [3.63, 3.8) is 0 Å². The zero-order valence-electron chi connectivity index (χ0n) is 16.7. The van der Waals surface area contributed by atoms with Gasteiger partial charge in [-0.15, -0.1) is 21.5 Å². The van der Waals surface area contributed by atoms with Crippen LogP contribution in [-0.4, -0.2) is 31.1 Å². The number of hydrogen-bond acceptors (Lipinski definition) is 6. The first kappa shape index (κ1) is 20.2. The average Bonchev–Trinajstić information content (AvgIpc) is 3.35. The monoisotopic (exact) mass is 438 g/mol. The SMILES string of the molecule is CC(=O)N(c1nc(Cn2nnc(-c3ccccc3)n2)cs1)c1c(C)cc(C)cc1Cl. The van der Waals surface area contributed by atoms with Crippen LogP contribution in [0.25, 0.3) is 11.4 Å². The Hall–Kier alpha value is -3.10. The number of nitrogens with zero attached hydrogens (tertiary/aromatic N) is 6. The van der Waals surface area contributed by atoms with E-state index in [0.29, 0.717) is 28.2 Å². The summed E-state index contributed by atoms with van der Waals surface area (Å²) in [5, 5.41) is 15.6. The van der Waals surface area contributed by atoms with Crippen LogP contribution in [0, 0.1) is 13.8 Å². The normalized spacial score (nSPS) is 10.9. The fourth-order valence-electron chi connectivity index (χ4n) is 3.21. The Morgan fingerprint density at radius 1 is 1.20 bits per heavy atom. The zero-order valence-corrected chi connectivity index (χ0v) is 18.3. The van der Waals surface area contributed by atoms with E-state index in [9.17, 15) is 4.79 Å². The van der Waals surface area contributed by atoms with Crippen molar-refractivity contribution in [2.45, 2.75) is 27.3 Å². The first-order valence-electron chi connectivity index (χ1n) is 9.27. The van der Waals surface area contributed by atoms with Crippen LogP contribution in [0.4, 0.5) is 10.8 Å². The van der Waals surface area contributed by atoms with E-state index in [4.69, 9.17) is 11.6 Å². The molecule has 0 saturated carbocycles. The number of benzene rings is 2. The van der Waals surface area contributed by atoms with E-state index in [2.05, 4.69) is 20.4 Å². The van der Waals surface area contributed by atoms with Crippen molar-refractivity contribution in [3.05, 3.63) is 69.7 Å². The van der Waals surface area contributed by atoms with Gasteiger partial charge in [0.2, 0.25) is 11.7 Å². The maximum absolute atomic E-state index is 12.5. The molecule has 0 aliphatic rings. The highest BCUT2D eigenvalue weighted by Gasteiger charge is 2.23. The summed E-state index contributed by atoms with van der Waals surface area (Å²) in [6, 6.07) is 13.5. The Bertz CT molecular complexity index is 1180. The molecule has 4 aromatic rings. The molecule has 0 fully saturated rings. The zero-order chi connectivity index (χ0) is 21.3. The number of halogens is 1. The van der Waals surface area contributed by atoms with Gasteiger partial charge in [0.05, 0.1) is 16.4 Å². The van der Waals surface area contributed by atoms with E-state index in [1.807, 2.05) is 61.7 Å². The van der Waals surface area contributed by atoms with Gasteiger partial charge in [-0.25, -0.2) is 4.98 Å². The molecule has 0 bridgehead atoms. The maximum Gasteiger partial charge on any atom is 0.230 e. The number of aryl methyl sites for hydroxylation is 2. The molecule has 0 unspecified atom stereocenters. The summed E-state index contributed by atoms with van der Waals surface area (Å²) in [7, 11) is 0. The molecule has 0 atom stereocenters. The molecule has 2 aromatic carbocycles. The summed E-state index contributed by atoms with van der Waals surface area (Å²) in [6.45, 7) is 5.75. The highest BCUT2D eigenvalue weighted by atomic mass is 35.5. The lowest BCUT2D eigenvalue weighted by molar-refractivity contribution is -0.115. The predicted octanol–water partition coefficient (Wildman–Crippen LogP) is 4.80. The first-order chi connectivity index (χ1) is 14.4. The van der Waals surface area contributed by atoms with Crippen LogP contribution in [0.15, 0.2) is 47.8 Å². The Kier molecular flexibility index (Phi) is 5.61. The highest BCUT2D eigenvalue weighted by Crippen LogP contribution is 2.37. The molecule has 7 nitrogen and oxygen atoms in total. The second kappa shape index (κ2) is 8.33. The van der Waals surface area contributed by atoms with Crippen LogP contribution in [0.1, 0.15) is 23.7 Å². The summed E-state index contributed by atoms with van der Waals surface area (Å²) in [6.07, 6.45) is 0. The Labute approximate surface area is 182 Å². The second-order valence-electron chi connectivity index (χ2n) is 6.90. The van der Waals surface area contributed by atoms with Gasteiger partial charge in [-0.3, -0.25) is 9.69 Å². The molecule has 0 saturated heterocycles. The summed E-state index contributed by atoms with van der Waals surface area (Å²) in [5.74, 6) is 0.397. The van der Waals surface area contributed by atoms with E-state index < -0.39 is 0 Å². The summed E-state index contributed by atoms with van der Waals surface area (Å²) < 4.78 is 0. The summed E-state index contributed by atoms with van der Waals surface area (Å²) in [5.41, 5.74) is 4.24. The van der Waals surface area contributed by atoms with Gasteiger partial charge < -0.3 is 0 Å². The van der Waals surface area contributed by atoms with Gasteiger partial charge in [-0.2, -0.15) is 4.80 Å². The van der Waals surface area contributed by atoms with Crippen molar-refractivity contribution >= 4 is 39.7 Å². The first-order valence-corrected chi connectivity index (χ1v) is 10.5.